The molecule has 1 N–H and O–H groups in total. The first-order valence-electron chi connectivity index (χ1n) is 3.75. The van der Waals surface area contributed by atoms with Crippen molar-refractivity contribution >= 4 is 13.6 Å². The second-order valence-corrected chi connectivity index (χ2v) is 4.60. The number of likely N-dealkylation sites (N-methyl/N-ethyl adjacent to an activating group) is 1. The quantitative estimate of drug-likeness (QED) is 0.746. The summed E-state index contributed by atoms with van der Waals surface area (Å²) in [5.74, 6) is 0.121. The van der Waals surface area contributed by atoms with Crippen molar-refractivity contribution in [2.75, 3.05) is 19.9 Å². The largest absolute Gasteiger partial charge is 0.327 e. The fourth-order valence-electron chi connectivity index (χ4n) is 0.898. The summed E-state index contributed by atoms with van der Waals surface area (Å²) in [6, 6.07) is -0.108. The molecule has 0 heterocycles. The Bertz CT molecular complexity index is 163. The van der Waals surface area contributed by atoms with Crippen molar-refractivity contribution in [3.05, 3.63) is 0 Å². The van der Waals surface area contributed by atoms with Crippen molar-refractivity contribution in [2.24, 2.45) is 0 Å². The van der Waals surface area contributed by atoms with Gasteiger partial charge in [-0.3, -0.25) is 4.79 Å². The third kappa shape index (κ3) is 7.60. The van der Waals surface area contributed by atoms with E-state index in [1.807, 2.05) is 0 Å². The molecule has 2 atom stereocenters. The number of nitrogens with one attached hydrogen (secondary N) is 1. The Hall–Kier alpha value is 0.964. The zero-order valence-corrected chi connectivity index (χ0v) is 11.7. The Morgan fingerprint density at radius 1 is 1.58 bits per heavy atom. The monoisotopic (exact) mass is 266 g/mol. The summed E-state index contributed by atoms with van der Waals surface area (Å²) >= 11 is 0. The van der Waals surface area contributed by atoms with Crippen LogP contribution in [0.3, 0.4) is 0 Å². The van der Waals surface area contributed by atoms with Crippen molar-refractivity contribution in [3.63, 3.8) is 0 Å². The molecule has 0 bridgehead atoms. The number of carbonyl (C=O) groups is 1. The summed E-state index contributed by atoms with van der Waals surface area (Å²) in [5.41, 5.74) is 0. The van der Waals surface area contributed by atoms with Crippen LogP contribution in [-0.4, -0.2) is 31.7 Å². The van der Waals surface area contributed by atoms with Gasteiger partial charge in [-0.25, -0.2) is 0 Å². The number of Topliss-reactive ketones (excluding diaryl/α,β-unsaturated/α-hetero) is 1. The van der Waals surface area contributed by atoms with Crippen LogP contribution in [0.15, 0.2) is 0 Å². The van der Waals surface area contributed by atoms with E-state index in [0.29, 0.717) is 12.6 Å². The summed E-state index contributed by atoms with van der Waals surface area (Å²) in [6.45, 7) is 3.27. The van der Waals surface area contributed by atoms with E-state index in [2.05, 4.69) is 5.32 Å². The predicted molar refractivity (Wildman–Crippen MR) is 47.9 cm³/mol. The van der Waals surface area contributed by atoms with E-state index in [0.717, 1.165) is 0 Å². The molecule has 0 aromatic carbocycles. The molecule has 5 heteroatoms. The van der Waals surface area contributed by atoms with Gasteiger partial charge in [0.15, 0.2) is 0 Å². The Morgan fingerprint density at radius 2 is 2.08 bits per heavy atom. The van der Waals surface area contributed by atoms with E-state index in [1.165, 1.54) is 0 Å². The number of hydrogen-bond donors (Lipinski definition) is 1. The molecule has 0 saturated carbocycles. The molecule has 0 saturated heterocycles. The Labute approximate surface area is 99.7 Å². The van der Waals surface area contributed by atoms with Crippen LogP contribution in [0.2, 0.25) is 0 Å². The molecule has 2 unspecified atom stereocenters. The average Bonchev–Trinajstić information content (AvgIpc) is 1.87. The molecule has 69 valence electrons. The maximum atomic E-state index is 10.8. The van der Waals surface area contributed by atoms with Gasteiger partial charge in [-0.1, -0.05) is 0 Å². The first-order chi connectivity index (χ1) is 5.07. The molecule has 0 aliphatic rings. The minimum Gasteiger partial charge on any atom is -0.327 e. The van der Waals surface area contributed by atoms with Gasteiger partial charge in [0, 0.05) is 38.9 Å². The summed E-state index contributed by atoms with van der Waals surface area (Å²) in [5, 5.41) is 2.88. The molecule has 0 aromatic heterocycles. The van der Waals surface area contributed by atoms with Gasteiger partial charge in [0.2, 0.25) is 0 Å². The molecule has 0 spiro atoms. The van der Waals surface area contributed by atoms with Gasteiger partial charge in [-0.15, -0.1) is 0 Å². The van der Waals surface area contributed by atoms with Crippen molar-refractivity contribution in [3.8, 4) is 0 Å². The topological polar surface area (TPSA) is 46.2 Å². The van der Waals surface area contributed by atoms with Crippen LogP contribution in [-0.2, 0) is 42.1 Å². The van der Waals surface area contributed by atoms with Crippen molar-refractivity contribution in [1.29, 1.82) is 0 Å². The van der Waals surface area contributed by atoms with E-state index < -0.39 is 7.80 Å². The summed E-state index contributed by atoms with van der Waals surface area (Å²) < 4.78 is 10.7. The molecule has 0 fully saturated rings. The van der Waals surface area contributed by atoms with Gasteiger partial charge in [-0.2, -0.15) is 0 Å². The molecule has 0 rings (SSSR count). The normalized spacial score (nSPS) is 14.6. The van der Waals surface area contributed by atoms with Crippen LogP contribution < -0.4 is 5.32 Å². The van der Waals surface area contributed by atoms with Crippen molar-refractivity contribution in [2.45, 2.75) is 19.4 Å². The summed E-state index contributed by atoms with van der Waals surface area (Å²) in [7, 11) is 0.334. The molecule has 0 aliphatic heterocycles. The zero-order chi connectivity index (χ0) is 8.85. The standard InChI is InChI=1S/C7H16NO2P.Y/c1-6(9)7(8-2)4-5-11(3)10;/h7-8,11H,4-5H2,1-3H3;. The van der Waals surface area contributed by atoms with Crippen molar-refractivity contribution in [1.82, 2.24) is 5.32 Å². The van der Waals surface area contributed by atoms with E-state index in [9.17, 15) is 9.36 Å². The van der Waals surface area contributed by atoms with Crippen molar-refractivity contribution < 1.29 is 42.1 Å². The first kappa shape index (κ1) is 15.4. The number of carbonyl (C=O) groups excluding carboxylic acids is 1. The van der Waals surface area contributed by atoms with Crippen LogP contribution in [0, 0.1) is 0 Å². The molecule has 3 nitrogen and oxygen atoms in total. The van der Waals surface area contributed by atoms with E-state index in [-0.39, 0.29) is 44.5 Å². The van der Waals surface area contributed by atoms with E-state index in [4.69, 9.17) is 0 Å². The van der Waals surface area contributed by atoms with E-state index >= 15 is 0 Å². The number of ketones is 1. The van der Waals surface area contributed by atoms with Crippen LogP contribution in [0.4, 0.5) is 0 Å². The molecule has 0 amide bonds. The fraction of sp³-hybridized carbons (Fsp3) is 0.857. The molecular formula is C7H16NO2PY. The second-order valence-electron chi connectivity index (χ2n) is 2.69. The fourth-order valence-corrected chi connectivity index (χ4v) is 1.59. The van der Waals surface area contributed by atoms with Gasteiger partial charge in [0.05, 0.1) is 13.8 Å². The summed E-state index contributed by atoms with van der Waals surface area (Å²) in [6.07, 6.45) is 1.36. The minimum atomic E-state index is -1.41. The Morgan fingerprint density at radius 3 is 2.33 bits per heavy atom. The van der Waals surface area contributed by atoms with Gasteiger partial charge in [0.1, 0.15) is 5.78 Å². The van der Waals surface area contributed by atoms with Crippen LogP contribution in [0.25, 0.3) is 0 Å². The average molecular weight is 266 g/mol. The second kappa shape index (κ2) is 8.56. The van der Waals surface area contributed by atoms with Gasteiger partial charge >= 0.3 is 0 Å². The first-order valence-corrected chi connectivity index (χ1v) is 5.86. The van der Waals surface area contributed by atoms with Gasteiger partial charge in [0.25, 0.3) is 0 Å². The molecular weight excluding hydrogens is 250 g/mol. The molecule has 0 aromatic rings. The van der Waals surface area contributed by atoms with Gasteiger partial charge < -0.3 is 9.88 Å². The molecule has 12 heavy (non-hydrogen) atoms. The summed E-state index contributed by atoms with van der Waals surface area (Å²) in [4.78, 5) is 10.8. The van der Waals surface area contributed by atoms with Gasteiger partial charge in [-0.05, 0) is 27.1 Å². The maximum Gasteiger partial charge on any atom is 0.146 e. The zero-order valence-electron chi connectivity index (χ0n) is 7.89. The number of hydrogen-bond acceptors (Lipinski definition) is 3. The third-order valence-corrected chi connectivity index (χ3v) is 2.62. The number of rotatable bonds is 5. The smallest absolute Gasteiger partial charge is 0.146 e. The SMILES string of the molecule is CNC(CC[PH](C)=O)C(C)=O.[Y]. The van der Waals surface area contributed by atoms with Crippen LogP contribution >= 0.6 is 7.80 Å². The molecule has 1 radical (unpaired) electrons. The van der Waals surface area contributed by atoms with Crippen LogP contribution in [0.5, 0.6) is 0 Å². The third-order valence-electron chi connectivity index (χ3n) is 1.62. The Balaban J connectivity index is 0. The predicted octanol–water partition coefficient (Wildman–Crippen LogP) is 0.741. The van der Waals surface area contributed by atoms with E-state index in [1.54, 1.807) is 20.6 Å². The molecule has 0 aliphatic carbocycles. The maximum absolute atomic E-state index is 10.8. The Kier molecular flexibility index (Phi) is 11.0. The minimum absolute atomic E-state index is 0. The van der Waals surface area contributed by atoms with Crippen LogP contribution in [0.1, 0.15) is 13.3 Å².